The van der Waals surface area contributed by atoms with Gasteiger partial charge in [0.15, 0.2) is 11.6 Å². The van der Waals surface area contributed by atoms with E-state index in [0.717, 1.165) is 6.42 Å². The van der Waals surface area contributed by atoms with E-state index in [0.29, 0.717) is 0 Å². The number of rotatable bonds is 4. The van der Waals surface area contributed by atoms with Crippen LogP contribution < -0.4 is 10.1 Å². The van der Waals surface area contributed by atoms with Gasteiger partial charge in [-0.1, -0.05) is 17.7 Å². The highest BCUT2D eigenvalue weighted by Gasteiger charge is 2.42. The zero-order chi connectivity index (χ0) is 12.4. The number of likely N-dealkylation sites (N-methyl/N-ethyl adjacent to an activating group) is 1. The Balaban J connectivity index is 2.05. The zero-order valence-electron chi connectivity index (χ0n) is 9.74. The van der Waals surface area contributed by atoms with Crippen LogP contribution in [0.5, 0.6) is 5.75 Å². The monoisotopic (exact) mass is 259 g/mol. The molecule has 0 aliphatic heterocycles. The van der Waals surface area contributed by atoms with Crippen LogP contribution >= 0.6 is 11.6 Å². The SMILES string of the molecule is CNC1CC(Oc2cccc(Cl)c2F)C1OC. The van der Waals surface area contributed by atoms with E-state index in [9.17, 15) is 4.39 Å². The minimum Gasteiger partial charge on any atom is -0.484 e. The van der Waals surface area contributed by atoms with Crippen LogP contribution in [0.15, 0.2) is 18.2 Å². The lowest BCUT2D eigenvalue weighted by atomic mass is 9.85. The molecule has 0 amide bonds. The molecule has 3 nitrogen and oxygen atoms in total. The molecule has 1 aromatic carbocycles. The average Bonchev–Trinajstić information content (AvgIpc) is 2.29. The van der Waals surface area contributed by atoms with Crippen LogP contribution in [0, 0.1) is 5.82 Å². The second-order valence-corrected chi connectivity index (χ2v) is 4.45. The van der Waals surface area contributed by atoms with E-state index in [1.165, 1.54) is 6.07 Å². The van der Waals surface area contributed by atoms with Crippen molar-refractivity contribution in [3.05, 3.63) is 29.0 Å². The second-order valence-electron chi connectivity index (χ2n) is 4.04. The topological polar surface area (TPSA) is 30.5 Å². The van der Waals surface area contributed by atoms with Gasteiger partial charge in [-0.15, -0.1) is 0 Å². The van der Waals surface area contributed by atoms with Crippen molar-refractivity contribution in [2.75, 3.05) is 14.2 Å². The highest BCUT2D eigenvalue weighted by Crippen LogP contribution is 2.31. The summed E-state index contributed by atoms with van der Waals surface area (Å²) in [5.41, 5.74) is 0. The van der Waals surface area contributed by atoms with E-state index in [2.05, 4.69) is 5.32 Å². The smallest absolute Gasteiger partial charge is 0.183 e. The highest BCUT2D eigenvalue weighted by molar-refractivity contribution is 6.30. The Morgan fingerprint density at radius 3 is 2.88 bits per heavy atom. The standard InChI is InChI=1S/C12H15ClFNO2/c1-15-8-6-10(12(8)16-2)17-9-5-3-4-7(13)11(9)14/h3-5,8,10,12,15H,6H2,1-2H3. The molecule has 1 fully saturated rings. The first-order valence-corrected chi connectivity index (χ1v) is 5.86. The van der Waals surface area contributed by atoms with Crippen molar-refractivity contribution in [2.45, 2.75) is 24.7 Å². The van der Waals surface area contributed by atoms with Crippen LogP contribution in [0.25, 0.3) is 0 Å². The van der Waals surface area contributed by atoms with E-state index in [1.807, 2.05) is 7.05 Å². The first-order chi connectivity index (χ1) is 8.17. The van der Waals surface area contributed by atoms with E-state index >= 15 is 0 Å². The molecule has 2 rings (SSSR count). The third-order valence-corrected chi connectivity index (χ3v) is 3.38. The predicted molar refractivity (Wildman–Crippen MR) is 64.1 cm³/mol. The fraction of sp³-hybridized carbons (Fsp3) is 0.500. The van der Waals surface area contributed by atoms with Gasteiger partial charge in [-0.05, 0) is 19.2 Å². The Hall–Kier alpha value is -0.840. The molecule has 0 aromatic heterocycles. The van der Waals surface area contributed by atoms with Gasteiger partial charge >= 0.3 is 0 Å². The van der Waals surface area contributed by atoms with Gasteiger partial charge in [0.05, 0.1) is 5.02 Å². The summed E-state index contributed by atoms with van der Waals surface area (Å²) in [6.07, 6.45) is 0.602. The van der Waals surface area contributed by atoms with E-state index < -0.39 is 5.82 Å². The maximum Gasteiger partial charge on any atom is 0.183 e. The van der Waals surface area contributed by atoms with Crippen LogP contribution in [0.3, 0.4) is 0 Å². The Morgan fingerprint density at radius 2 is 2.24 bits per heavy atom. The summed E-state index contributed by atoms with van der Waals surface area (Å²) in [7, 11) is 3.49. The molecule has 1 aliphatic carbocycles. The summed E-state index contributed by atoms with van der Waals surface area (Å²) < 4.78 is 24.5. The predicted octanol–water partition coefficient (Wildman–Crippen LogP) is 2.23. The Morgan fingerprint density at radius 1 is 1.47 bits per heavy atom. The molecule has 0 radical (unpaired) electrons. The molecule has 17 heavy (non-hydrogen) atoms. The summed E-state index contributed by atoms with van der Waals surface area (Å²) in [6.45, 7) is 0. The summed E-state index contributed by atoms with van der Waals surface area (Å²) in [5, 5.41) is 3.19. The number of hydrogen-bond donors (Lipinski definition) is 1. The van der Waals surface area contributed by atoms with E-state index in [1.54, 1.807) is 19.2 Å². The molecule has 1 saturated carbocycles. The van der Waals surface area contributed by atoms with Gasteiger partial charge in [0.1, 0.15) is 12.2 Å². The minimum absolute atomic E-state index is 0.0571. The first kappa shape index (κ1) is 12.6. The van der Waals surface area contributed by atoms with Crippen molar-refractivity contribution >= 4 is 11.6 Å². The normalized spacial score (nSPS) is 27.6. The molecule has 0 heterocycles. The van der Waals surface area contributed by atoms with Crippen molar-refractivity contribution in [2.24, 2.45) is 0 Å². The van der Waals surface area contributed by atoms with E-state index in [4.69, 9.17) is 21.1 Å². The highest BCUT2D eigenvalue weighted by atomic mass is 35.5. The number of benzene rings is 1. The van der Waals surface area contributed by atoms with Gasteiger partial charge in [0.2, 0.25) is 0 Å². The van der Waals surface area contributed by atoms with Crippen molar-refractivity contribution in [1.29, 1.82) is 0 Å². The second kappa shape index (κ2) is 5.21. The lowest BCUT2D eigenvalue weighted by molar-refractivity contribution is -0.0880. The first-order valence-electron chi connectivity index (χ1n) is 5.48. The van der Waals surface area contributed by atoms with Gasteiger partial charge in [0.25, 0.3) is 0 Å². The van der Waals surface area contributed by atoms with Crippen LogP contribution in [-0.4, -0.2) is 32.4 Å². The van der Waals surface area contributed by atoms with Crippen LogP contribution in [0.4, 0.5) is 4.39 Å². The number of halogens is 2. The number of hydrogen-bond acceptors (Lipinski definition) is 3. The molecule has 3 unspecified atom stereocenters. The quantitative estimate of drug-likeness (QED) is 0.900. The molecular formula is C12H15ClFNO2. The van der Waals surface area contributed by atoms with Gasteiger partial charge < -0.3 is 14.8 Å². The molecule has 1 aromatic rings. The van der Waals surface area contributed by atoms with Crippen LogP contribution in [0.2, 0.25) is 5.02 Å². The number of ether oxygens (including phenoxy) is 2. The molecule has 3 atom stereocenters. The van der Waals surface area contributed by atoms with Crippen molar-refractivity contribution in [3.63, 3.8) is 0 Å². The summed E-state index contributed by atoms with van der Waals surface area (Å²) >= 11 is 5.69. The maximum atomic E-state index is 13.6. The Bertz CT molecular complexity index is 402. The van der Waals surface area contributed by atoms with Crippen LogP contribution in [-0.2, 0) is 4.74 Å². The molecule has 0 spiro atoms. The molecule has 94 valence electrons. The molecular weight excluding hydrogens is 245 g/mol. The van der Waals surface area contributed by atoms with Crippen molar-refractivity contribution in [1.82, 2.24) is 5.32 Å². The third-order valence-electron chi connectivity index (χ3n) is 3.09. The maximum absolute atomic E-state index is 13.6. The van der Waals surface area contributed by atoms with Crippen LogP contribution in [0.1, 0.15) is 6.42 Å². The lowest BCUT2D eigenvalue weighted by Crippen LogP contribution is -2.60. The van der Waals surface area contributed by atoms with Gasteiger partial charge in [-0.3, -0.25) is 0 Å². The number of nitrogens with one attached hydrogen (secondary N) is 1. The minimum atomic E-state index is -0.517. The number of methoxy groups -OCH3 is 1. The third kappa shape index (κ3) is 2.39. The van der Waals surface area contributed by atoms with Gasteiger partial charge in [0, 0.05) is 19.6 Å². The van der Waals surface area contributed by atoms with Gasteiger partial charge in [-0.25, -0.2) is 4.39 Å². The molecule has 0 bridgehead atoms. The van der Waals surface area contributed by atoms with E-state index in [-0.39, 0.29) is 29.0 Å². The fourth-order valence-corrected chi connectivity index (χ4v) is 2.20. The fourth-order valence-electron chi connectivity index (χ4n) is 2.03. The summed E-state index contributed by atoms with van der Waals surface area (Å²) in [5.74, 6) is -0.337. The molecule has 5 heteroatoms. The lowest BCUT2D eigenvalue weighted by Gasteiger charge is -2.42. The van der Waals surface area contributed by atoms with Crippen molar-refractivity contribution in [3.8, 4) is 5.75 Å². The summed E-state index contributed by atoms with van der Waals surface area (Å²) in [6, 6.07) is 4.99. The molecule has 0 saturated heterocycles. The van der Waals surface area contributed by atoms with Gasteiger partial charge in [-0.2, -0.15) is 0 Å². The summed E-state index contributed by atoms with van der Waals surface area (Å²) in [4.78, 5) is 0. The molecule has 1 N–H and O–H groups in total. The Kier molecular flexibility index (Phi) is 3.86. The largest absolute Gasteiger partial charge is 0.484 e. The molecule has 1 aliphatic rings. The average molecular weight is 260 g/mol. The Labute approximate surface area is 105 Å². The van der Waals surface area contributed by atoms with Crippen molar-refractivity contribution < 1.29 is 13.9 Å². The zero-order valence-corrected chi connectivity index (χ0v) is 10.5.